The molecule has 1 aromatic carbocycles. The van der Waals surface area contributed by atoms with Gasteiger partial charge in [-0.05, 0) is 43.4 Å². The summed E-state index contributed by atoms with van der Waals surface area (Å²) in [6.07, 6.45) is 2.49. The molecule has 2 heterocycles. The van der Waals surface area contributed by atoms with E-state index in [1.165, 1.54) is 24.3 Å². The summed E-state index contributed by atoms with van der Waals surface area (Å²) in [6.45, 7) is 1.91. The molecule has 3 rings (SSSR count). The van der Waals surface area contributed by atoms with Gasteiger partial charge in [0.05, 0.1) is 0 Å². The third-order valence-electron chi connectivity index (χ3n) is 3.31. The Kier molecular flexibility index (Phi) is 3.73. The molecule has 0 bridgehead atoms. The number of benzene rings is 1. The minimum absolute atomic E-state index is 0.602. The number of aromatic nitrogens is 3. The van der Waals surface area contributed by atoms with Crippen molar-refractivity contribution >= 4 is 17.4 Å². The van der Waals surface area contributed by atoms with E-state index in [0.29, 0.717) is 6.04 Å². The van der Waals surface area contributed by atoms with Crippen molar-refractivity contribution in [2.75, 3.05) is 16.8 Å². The van der Waals surface area contributed by atoms with Crippen molar-refractivity contribution in [3.63, 3.8) is 0 Å². The minimum atomic E-state index is 0.602. The summed E-state index contributed by atoms with van der Waals surface area (Å²) in [5, 5.41) is 10.7. The molecule has 0 saturated carbocycles. The van der Waals surface area contributed by atoms with Crippen LogP contribution in [0.5, 0.6) is 0 Å². The lowest BCUT2D eigenvalue weighted by Crippen LogP contribution is -2.24. The van der Waals surface area contributed by atoms with Gasteiger partial charge in [-0.15, -0.1) is 0 Å². The average molecular weight is 274 g/mol. The topological polar surface area (TPSA) is 53.6 Å². The number of nitrogens with zero attached hydrogens (tertiary/aromatic N) is 2. The van der Waals surface area contributed by atoms with Gasteiger partial charge in [-0.2, -0.15) is 16.9 Å². The summed E-state index contributed by atoms with van der Waals surface area (Å²) in [5.41, 5.74) is 2.22. The molecule has 4 nitrogen and oxygen atoms in total. The SMILES string of the molecule is Cc1nc(-c2cccc(NC3CCSCC3)c2)n[nH]1. The molecule has 1 aliphatic heterocycles. The number of aromatic amines is 1. The van der Waals surface area contributed by atoms with E-state index in [-0.39, 0.29) is 0 Å². The fourth-order valence-electron chi connectivity index (χ4n) is 2.30. The van der Waals surface area contributed by atoms with E-state index < -0.39 is 0 Å². The van der Waals surface area contributed by atoms with Crippen LogP contribution in [0.1, 0.15) is 18.7 Å². The highest BCUT2D eigenvalue weighted by Crippen LogP contribution is 2.23. The maximum absolute atomic E-state index is 4.37. The van der Waals surface area contributed by atoms with Crippen LogP contribution >= 0.6 is 11.8 Å². The first kappa shape index (κ1) is 12.5. The molecule has 2 aromatic rings. The normalized spacial score (nSPS) is 16.5. The molecule has 1 fully saturated rings. The van der Waals surface area contributed by atoms with Gasteiger partial charge in [-0.25, -0.2) is 4.98 Å². The summed E-state index contributed by atoms with van der Waals surface area (Å²) in [5.74, 6) is 4.13. The Balaban J connectivity index is 1.75. The smallest absolute Gasteiger partial charge is 0.181 e. The van der Waals surface area contributed by atoms with E-state index in [2.05, 4.69) is 38.7 Å². The standard InChI is InChI=1S/C14H18N4S/c1-10-15-14(18-17-10)11-3-2-4-13(9-11)16-12-5-7-19-8-6-12/h2-4,9,12,16H,5-8H2,1H3,(H,15,17,18). The predicted octanol–water partition coefficient (Wildman–Crippen LogP) is 3.09. The van der Waals surface area contributed by atoms with E-state index in [1.54, 1.807) is 0 Å². The zero-order chi connectivity index (χ0) is 13.1. The Bertz CT molecular complexity index is 546. The first-order valence-electron chi connectivity index (χ1n) is 6.65. The van der Waals surface area contributed by atoms with Crippen LogP contribution in [0.25, 0.3) is 11.4 Å². The van der Waals surface area contributed by atoms with Gasteiger partial charge in [0.25, 0.3) is 0 Å². The van der Waals surface area contributed by atoms with Crippen molar-refractivity contribution in [1.29, 1.82) is 0 Å². The van der Waals surface area contributed by atoms with E-state index in [4.69, 9.17) is 0 Å². The molecule has 100 valence electrons. The third kappa shape index (κ3) is 3.10. The third-order valence-corrected chi connectivity index (χ3v) is 4.36. The number of nitrogens with one attached hydrogen (secondary N) is 2. The second-order valence-electron chi connectivity index (χ2n) is 4.86. The molecule has 1 aromatic heterocycles. The lowest BCUT2D eigenvalue weighted by molar-refractivity contribution is 0.667. The fourth-order valence-corrected chi connectivity index (χ4v) is 3.40. The van der Waals surface area contributed by atoms with Crippen LogP contribution in [0.3, 0.4) is 0 Å². The van der Waals surface area contributed by atoms with E-state index >= 15 is 0 Å². The Hall–Kier alpha value is -1.49. The minimum Gasteiger partial charge on any atom is -0.382 e. The van der Waals surface area contributed by atoms with Crippen LogP contribution in [0.4, 0.5) is 5.69 Å². The summed E-state index contributed by atoms with van der Waals surface area (Å²) in [6, 6.07) is 8.95. The Labute approximate surface area is 117 Å². The zero-order valence-corrected chi connectivity index (χ0v) is 11.8. The van der Waals surface area contributed by atoms with Crippen molar-refractivity contribution in [2.45, 2.75) is 25.8 Å². The van der Waals surface area contributed by atoms with Gasteiger partial charge in [0.2, 0.25) is 0 Å². The molecule has 0 radical (unpaired) electrons. The number of thioether (sulfide) groups is 1. The van der Waals surface area contributed by atoms with E-state index in [9.17, 15) is 0 Å². The number of aryl methyl sites for hydroxylation is 1. The highest BCUT2D eigenvalue weighted by molar-refractivity contribution is 7.99. The second-order valence-corrected chi connectivity index (χ2v) is 6.08. The molecule has 2 N–H and O–H groups in total. The van der Waals surface area contributed by atoms with Crippen LogP contribution in [0.2, 0.25) is 0 Å². The fraction of sp³-hybridized carbons (Fsp3) is 0.429. The maximum atomic E-state index is 4.37. The lowest BCUT2D eigenvalue weighted by Gasteiger charge is -2.23. The number of anilines is 1. The van der Waals surface area contributed by atoms with Gasteiger partial charge < -0.3 is 5.32 Å². The molecular formula is C14H18N4S. The van der Waals surface area contributed by atoms with Crippen LogP contribution in [-0.4, -0.2) is 32.7 Å². The van der Waals surface area contributed by atoms with Gasteiger partial charge in [0.1, 0.15) is 5.82 Å². The van der Waals surface area contributed by atoms with Gasteiger partial charge in [-0.3, -0.25) is 5.10 Å². The lowest BCUT2D eigenvalue weighted by atomic mass is 10.1. The molecule has 1 aliphatic rings. The van der Waals surface area contributed by atoms with E-state index in [0.717, 1.165) is 22.9 Å². The Morgan fingerprint density at radius 1 is 1.32 bits per heavy atom. The molecular weight excluding hydrogens is 256 g/mol. The number of H-pyrrole nitrogens is 1. The summed E-state index contributed by atoms with van der Waals surface area (Å²) in [7, 11) is 0. The van der Waals surface area contributed by atoms with Gasteiger partial charge >= 0.3 is 0 Å². The molecule has 0 amide bonds. The summed E-state index contributed by atoms with van der Waals surface area (Å²) in [4.78, 5) is 4.37. The first-order chi connectivity index (χ1) is 9.31. The van der Waals surface area contributed by atoms with Crippen molar-refractivity contribution < 1.29 is 0 Å². The monoisotopic (exact) mass is 274 g/mol. The number of hydrogen-bond acceptors (Lipinski definition) is 4. The quantitative estimate of drug-likeness (QED) is 0.903. The predicted molar refractivity (Wildman–Crippen MR) is 80.5 cm³/mol. The second kappa shape index (κ2) is 5.65. The van der Waals surface area contributed by atoms with E-state index in [1.807, 2.05) is 24.8 Å². The van der Waals surface area contributed by atoms with Crippen LogP contribution in [0.15, 0.2) is 24.3 Å². The van der Waals surface area contributed by atoms with Crippen LogP contribution < -0.4 is 5.32 Å². The van der Waals surface area contributed by atoms with Gasteiger partial charge in [0.15, 0.2) is 5.82 Å². The van der Waals surface area contributed by atoms with Gasteiger partial charge in [0, 0.05) is 17.3 Å². The summed E-state index contributed by atoms with van der Waals surface area (Å²) < 4.78 is 0. The van der Waals surface area contributed by atoms with Crippen LogP contribution in [0, 0.1) is 6.92 Å². The Morgan fingerprint density at radius 2 is 2.16 bits per heavy atom. The van der Waals surface area contributed by atoms with Crippen molar-refractivity contribution in [3.8, 4) is 11.4 Å². The molecule has 1 saturated heterocycles. The first-order valence-corrected chi connectivity index (χ1v) is 7.80. The molecule has 19 heavy (non-hydrogen) atoms. The highest BCUT2D eigenvalue weighted by Gasteiger charge is 2.13. The molecule has 0 aliphatic carbocycles. The van der Waals surface area contributed by atoms with Crippen LogP contribution in [-0.2, 0) is 0 Å². The molecule has 5 heteroatoms. The Morgan fingerprint density at radius 3 is 2.89 bits per heavy atom. The largest absolute Gasteiger partial charge is 0.382 e. The maximum Gasteiger partial charge on any atom is 0.181 e. The average Bonchev–Trinajstić information content (AvgIpc) is 2.87. The molecule has 0 unspecified atom stereocenters. The molecule has 0 spiro atoms. The van der Waals surface area contributed by atoms with Crippen molar-refractivity contribution in [3.05, 3.63) is 30.1 Å². The summed E-state index contributed by atoms with van der Waals surface area (Å²) >= 11 is 2.05. The highest BCUT2D eigenvalue weighted by atomic mass is 32.2. The van der Waals surface area contributed by atoms with Crippen molar-refractivity contribution in [1.82, 2.24) is 15.2 Å². The molecule has 0 atom stereocenters. The van der Waals surface area contributed by atoms with Gasteiger partial charge in [-0.1, -0.05) is 12.1 Å². The zero-order valence-electron chi connectivity index (χ0n) is 11.0. The number of hydrogen-bond donors (Lipinski definition) is 2. The van der Waals surface area contributed by atoms with Crippen molar-refractivity contribution in [2.24, 2.45) is 0 Å². The number of rotatable bonds is 3.